The molecule has 0 bridgehead atoms. The Balaban J connectivity index is 1.27. The molecule has 2 heterocycles. The normalized spacial score (nSPS) is 12.4. The van der Waals surface area contributed by atoms with Gasteiger partial charge in [0.15, 0.2) is 5.82 Å². The van der Waals surface area contributed by atoms with Crippen molar-refractivity contribution in [3.05, 3.63) is 70.9 Å². The highest BCUT2D eigenvalue weighted by Gasteiger charge is 2.14. The van der Waals surface area contributed by atoms with Crippen molar-refractivity contribution in [2.24, 2.45) is 0 Å². The van der Waals surface area contributed by atoms with Crippen LogP contribution in [-0.2, 0) is 12.8 Å². The lowest BCUT2D eigenvalue weighted by atomic mass is 9.98. The maximum Gasteiger partial charge on any atom is 0.257 e. The Hall–Kier alpha value is -2.50. The molecule has 1 radical (unpaired) electrons. The molecule has 34 heavy (non-hydrogen) atoms. The topological polar surface area (TPSA) is 62.7 Å². The zero-order valence-corrected chi connectivity index (χ0v) is 21.1. The average molecular weight is 475 g/mol. The fraction of sp³-hybridized carbons (Fsp3) is 0.448. The zero-order valence-electron chi connectivity index (χ0n) is 20.3. The largest absolute Gasteiger partial charge is 0.334 e. The summed E-state index contributed by atoms with van der Waals surface area (Å²) in [5, 5.41) is 7.65. The van der Waals surface area contributed by atoms with Crippen molar-refractivity contribution < 1.29 is 4.52 Å². The molecule has 0 aliphatic rings. The lowest BCUT2D eigenvalue weighted by Gasteiger charge is -2.11. The van der Waals surface area contributed by atoms with E-state index in [1.165, 1.54) is 67.0 Å². The van der Waals surface area contributed by atoms with Gasteiger partial charge in [-0.3, -0.25) is 0 Å². The number of nitrogens with zero attached hydrogens (tertiary/aromatic N) is 2. The smallest absolute Gasteiger partial charge is 0.257 e. The molecule has 2 aromatic carbocycles. The molecule has 1 N–H and O–H groups in total. The molecule has 179 valence electrons. The molecule has 4 rings (SSSR count). The van der Waals surface area contributed by atoms with E-state index < -0.39 is 0 Å². The molecule has 5 heteroatoms. The summed E-state index contributed by atoms with van der Waals surface area (Å²) in [5.74, 6) is 1.34. The van der Waals surface area contributed by atoms with Gasteiger partial charge in [-0.25, -0.2) is 5.73 Å². The van der Waals surface area contributed by atoms with Gasteiger partial charge in [-0.05, 0) is 52.9 Å². The Bertz CT molecular complexity index is 1150. The number of unbranched alkanes of at least 4 members (excludes halogenated alkanes) is 8. The molecule has 0 fully saturated rings. The highest BCUT2D eigenvalue weighted by molar-refractivity contribution is 7.17. The number of hydrogen-bond donors (Lipinski definition) is 0. The van der Waals surface area contributed by atoms with E-state index in [2.05, 4.69) is 46.7 Å². The number of nitrogens with one attached hydrogen (secondary N) is 1. The van der Waals surface area contributed by atoms with Gasteiger partial charge >= 0.3 is 0 Å². The fourth-order valence-corrected chi connectivity index (χ4v) is 5.46. The van der Waals surface area contributed by atoms with Crippen LogP contribution in [0, 0.1) is 0 Å². The van der Waals surface area contributed by atoms with Gasteiger partial charge in [0, 0.05) is 16.7 Å². The first-order valence-corrected chi connectivity index (χ1v) is 13.7. The van der Waals surface area contributed by atoms with E-state index in [1.807, 2.05) is 24.3 Å². The summed E-state index contributed by atoms with van der Waals surface area (Å²) in [5.41, 5.74) is 11.9. The quantitative estimate of drug-likeness (QED) is 0.172. The summed E-state index contributed by atoms with van der Waals surface area (Å²) in [6.07, 6.45) is 13.3. The van der Waals surface area contributed by atoms with Gasteiger partial charge in [-0.1, -0.05) is 93.8 Å². The van der Waals surface area contributed by atoms with Crippen LogP contribution in [0.25, 0.3) is 21.5 Å². The summed E-state index contributed by atoms with van der Waals surface area (Å²) in [4.78, 5) is 4.63. The minimum Gasteiger partial charge on any atom is -0.334 e. The van der Waals surface area contributed by atoms with Crippen LogP contribution < -0.4 is 5.73 Å². The van der Waals surface area contributed by atoms with Crippen LogP contribution in [0.1, 0.15) is 87.7 Å². The number of fused-ring (bicyclic) bond motifs is 1. The Morgan fingerprint density at radius 2 is 1.68 bits per heavy atom. The van der Waals surface area contributed by atoms with Crippen LogP contribution in [0.4, 0.5) is 0 Å². The van der Waals surface area contributed by atoms with Gasteiger partial charge in [-0.2, -0.15) is 4.98 Å². The van der Waals surface area contributed by atoms with Crippen molar-refractivity contribution in [1.82, 2.24) is 15.9 Å². The van der Waals surface area contributed by atoms with Gasteiger partial charge in [0.05, 0.1) is 6.04 Å². The van der Waals surface area contributed by atoms with E-state index in [1.54, 1.807) is 11.3 Å². The molecule has 0 saturated carbocycles. The monoisotopic (exact) mass is 474 g/mol. The highest BCUT2D eigenvalue weighted by atomic mass is 32.1. The van der Waals surface area contributed by atoms with Crippen molar-refractivity contribution in [3.8, 4) is 11.5 Å². The Labute approximate surface area is 207 Å². The lowest BCUT2D eigenvalue weighted by molar-refractivity contribution is 0.420. The number of rotatable bonds is 14. The van der Waals surface area contributed by atoms with Gasteiger partial charge in [0.25, 0.3) is 5.89 Å². The maximum absolute atomic E-state index is 8.76. The third-order valence-corrected chi connectivity index (χ3v) is 7.51. The highest BCUT2D eigenvalue weighted by Crippen LogP contribution is 2.30. The van der Waals surface area contributed by atoms with Gasteiger partial charge in [-0.15, -0.1) is 11.3 Å². The van der Waals surface area contributed by atoms with Crippen molar-refractivity contribution >= 4 is 21.4 Å². The molecule has 0 saturated heterocycles. The SMILES string of the molecule is CCCCCCCCCCCc1noc(-c2cccc(C([NH])Cc3csc4ccccc34)c2)n1. The van der Waals surface area contributed by atoms with E-state index in [4.69, 9.17) is 10.3 Å². The summed E-state index contributed by atoms with van der Waals surface area (Å²) >= 11 is 1.75. The average Bonchev–Trinajstić information content (AvgIpc) is 3.51. The van der Waals surface area contributed by atoms with E-state index in [0.717, 1.165) is 29.8 Å². The molecule has 0 aliphatic carbocycles. The summed E-state index contributed by atoms with van der Waals surface area (Å²) in [6, 6.07) is 16.1. The third kappa shape index (κ3) is 6.77. The van der Waals surface area contributed by atoms with Gasteiger partial charge in [0.1, 0.15) is 0 Å². The van der Waals surface area contributed by atoms with Crippen LogP contribution in [0.2, 0.25) is 0 Å². The fourth-order valence-electron chi connectivity index (χ4n) is 4.48. The summed E-state index contributed by atoms with van der Waals surface area (Å²) < 4.78 is 6.84. The first kappa shape index (κ1) is 24.6. The second-order valence-electron chi connectivity index (χ2n) is 9.23. The molecule has 4 aromatic rings. The van der Waals surface area contributed by atoms with Gasteiger partial charge in [0.2, 0.25) is 0 Å². The number of aryl methyl sites for hydroxylation is 1. The molecule has 1 unspecified atom stereocenters. The first-order valence-electron chi connectivity index (χ1n) is 12.8. The molecular weight excluding hydrogens is 438 g/mol. The Morgan fingerprint density at radius 1 is 0.912 bits per heavy atom. The third-order valence-electron chi connectivity index (χ3n) is 6.49. The summed E-state index contributed by atoms with van der Waals surface area (Å²) in [6.45, 7) is 2.26. The van der Waals surface area contributed by atoms with Crippen LogP contribution in [0.5, 0.6) is 0 Å². The van der Waals surface area contributed by atoms with Crippen molar-refractivity contribution in [2.75, 3.05) is 0 Å². The van der Waals surface area contributed by atoms with Crippen LogP contribution >= 0.6 is 11.3 Å². The summed E-state index contributed by atoms with van der Waals surface area (Å²) in [7, 11) is 0. The predicted molar refractivity (Wildman–Crippen MR) is 142 cm³/mol. The lowest BCUT2D eigenvalue weighted by Crippen LogP contribution is -2.03. The van der Waals surface area contributed by atoms with Crippen LogP contribution in [-0.4, -0.2) is 10.1 Å². The molecule has 2 aromatic heterocycles. The standard InChI is InChI=1S/C29H36N3OS/c1-2-3-4-5-6-7-8-9-10-18-28-31-29(33-32-28)23-15-13-14-22(19-23)26(30)20-24-21-34-27-17-12-11-16-25(24)27/h11-17,19,21,26,30H,2-10,18,20H2,1H3. The number of thiophene rings is 1. The van der Waals surface area contributed by atoms with E-state index in [-0.39, 0.29) is 6.04 Å². The minimum atomic E-state index is -0.331. The molecule has 0 spiro atoms. The first-order chi connectivity index (χ1) is 16.7. The zero-order chi connectivity index (χ0) is 23.6. The van der Waals surface area contributed by atoms with Crippen molar-refractivity contribution in [1.29, 1.82) is 0 Å². The maximum atomic E-state index is 8.76. The van der Waals surface area contributed by atoms with E-state index >= 15 is 0 Å². The molecule has 4 nitrogen and oxygen atoms in total. The number of hydrogen-bond acceptors (Lipinski definition) is 4. The number of aromatic nitrogens is 2. The predicted octanol–water partition coefficient (Wildman–Crippen LogP) is 8.59. The molecule has 0 amide bonds. The number of benzene rings is 2. The van der Waals surface area contributed by atoms with E-state index in [0.29, 0.717) is 12.3 Å². The molecule has 0 aliphatic heterocycles. The van der Waals surface area contributed by atoms with Crippen molar-refractivity contribution in [2.45, 2.75) is 83.6 Å². The second-order valence-corrected chi connectivity index (χ2v) is 10.1. The van der Waals surface area contributed by atoms with Gasteiger partial charge < -0.3 is 4.52 Å². The van der Waals surface area contributed by atoms with Crippen LogP contribution in [0.15, 0.2) is 58.4 Å². The Kier molecular flexibility index (Phi) is 9.28. The molecule has 1 atom stereocenters. The van der Waals surface area contributed by atoms with Crippen LogP contribution in [0.3, 0.4) is 0 Å². The molecular formula is C29H36N3OS. The van der Waals surface area contributed by atoms with Crippen molar-refractivity contribution in [3.63, 3.8) is 0 Å². The van der Waals surface area contributed by atoms with E-state index in [9.17, 15) is 0 Å². The minimum absolute atomic E-state index is 0.331. The Morgan fingerprint density at radius 3 is 2.50 bits per heavy atom. The second kappa shape index (κ2) is 12.8.